The molecule has 0 aromatic heterocycles. The summed E-state index contributed by atoms with van der Waals surface area (Å²) in [4.78, 5) is 44.3. The number of hydrogen-bond acceptors (Lipinski definition) is 16. The molecule has 35 heavy (non-hydrogen) atoms. The summed E-state index contributed by atoms with van der Waals surface area (Å²) in [5.41, 5.74) is 0. The third kappa shape index (κ3) is 8.26. The zero-order chi connectivity index (χ0) is 27.9. The fourth-order valence-electron chi connectivity index (χ4n) is 2.44. The molecule has 0 aliphatic carbocycles. The second-order valence-corrected chi connectivity index (χ2v) is 7.13. The quantitative estimate of drug-likeness (QED) is 0.0887. The van der Waals surface area contributed by atoms with Gasteiger partial charge >= 0.3 is 23.9 Å². The van der Waals surface area contributed by atoms with E-state index in [0.29, 0.717) is 0 Å². The molecule has 0 aliphatic rings. The van der Waals surface area contributed by atoms with E-state index < -0.39 is 97.1 Å². The van der Waals surface area contributed by atoms with Gasteiger partial charge in [-0.3, -0.25) is 0 Å². The second-order valence-electron chi connectivity index (χ2n) is 7.13. The van der Waals surface area contributed by atoms with Crippen LogP contribution < -0.4 is 0 Å². The Morgan fingerprint density at radius 1 is 0.400 bits per heavy atom. The van der Waals surface area contributed by atoms with E-state index in [9.17, 15) is 65.1 Å². The molecule has 0 saturated carbocycles. The first-order valence-corrected chi connectivity index (χ1v) is 9.26. The highest BCUT2D eigenvalue weighted by atomic mass is 16.6. The molecule has 0 aliphatic heterocycles. The molecule has 19 heteroatoms. The number of carboxylic acid groups (broad SMARTS) is 3. The molecule has 0 aromatic carbocycles. The summed E-state index contributed by atoms with van der Waals surface area (Å²) in [6.45, 7) is 0. The van der Waals surface area contributed by atoms with Gasteiger partial charge in [0.1, 0.15) is 48.8 Å². The van der Waals surface area contributed by atoms with Crippen LogP contribution in [0.25, 0.3) is 0 Å². The lowest BCUT2D eigenvalue weighted by atomic mass is 9.93. The Hall–Kier alpha value is -2.56. The molecule has 0 rings (SSSR count). The Labute approximate surface area is 193 Å². The average molecular weight is 522 g/mol. The maximum atomic E-state index is 11.9. The van der Waals surface area contributed by atoms with Crippen molar-refractivity contribution in [1.82, 2.24) is 0 Å². The Morgan fingerprint density at radius 3 is 1.00 bits per heavy atom. The SMILES string of the molecule is O=C(O)[C@@H](O)[C@H](O)[C@H](O)[C@H](O)[C@@H](O)[C@@H](O)[C@H](O)[C@@H](O)C(=O)O[C@@H](C(=O)O)[C@@H](O)[C@@H](O)[C@H](O)C(=O)O. The number of carbonyl (C=O) groups excluding carboxylic acids is 1. The van der Waals surface area contributed by atoms with Crippen molar-refractivity contribution in [3.63, 3.8) is 0 Å². The Morgan fingerprint density at radius 2 is 0.686 bits per heavy atom. The lowest BCUT2D eigenvalue weighted by molar-refractivity contribution is -0.201. The number of hydrogen-bond donors (Lipinski definition) is 14. The van der Waals surface area contributed by atoms with Gasteiger partial charge in [-0.2, -0.15) is 0 Å². The van der Waals surface area contributed by atoms with Crippen molar-refractivity contribution in [3.8, 4) is 0 Å². The summed E-state index contributed by atoms with van der Waals surface area (Å²) >= 11 is 0. The first kappa shape index (κ1) is 32.4. The van der Waals surface area contributed by atoms with Gasteiger partial charge in [-0.15, -0.1) is 0 Å². The van der Waals surface area contributed by atoms with Gasteiger partial charge in [-0.25, -0.2) is 19.2 Å². The number of rotatable bonds is 15. The molecule has 0 unspecified atom stereocenters. The maximum absolute atomic E-state index is 11.9. The summed E-state index contributed by atoms with van der Waals surface area (Å²) in [7, 11) is 0. The minimum absolute atomic E-state index is 2.06. The first-order chi connectivity index (χ1) is 15.9. The van der Waals surface area contributed by atoms with Crippen LogP contribution in [0.3, 0.4) is 0 Å². The van der Waals surface area contributed by atoms with E-state index in [1.54, 1.807) is 0 Å². The summed E-state index contributed by atoms with van der Waals surface area (Å²) in [6.07, 6.45) is -33.2. The van der Waals surface area contributed by atoms with E-state index in [-0.39, 0.29) is 0 Å². The Kier molecular flexibility index (Phi) is 12.5. The number of aliphatic hydroxyl groups excluding tert-OH is 11. The van der Waals surface area contributed by atoms with Crippen LogP contribution in [-0.4, -0.2) is 169 Å². The van der Waals surface area contributed by atoms with Gasteiger partial charge in [0.15, 0.2) is 18.3 Å². The molecule has 0 bridgehead atoms. The number of carboxylic acids is 3. The van der Waals surface area contributed by atoms with Crippen molar-refractivity contribution in [1.29, 1.82) is 0 Å². The predicted molar refractivity (Wildman–Crippen MR) is 98.9 cm³/mol. The number of esters is 1. The summed E-state index contributed by atoms with van der Waals surface area (Å²) in [5, 5.41) is 132. The molecule has 0 radical (unpaired) electrons. The van der Waals surface area contributed by atoms with E-state index in [0.717, 1.165) is 0 Å². The summed E-state index contributed by atoms with van der Waals surface area (Å²) in [5.74, 6) is -8.58. The zero-order valence-electron chi connectivity index (χ0n) is 17.2. The summed E-state index contributed by atoms with van der Waals surface area (Å²) in [6, 6.07) is 0. The largest absolute Gasteiger partial charge is 0.479 e. The van der Waals surface area contributed by atoms with E-state index in [2.05, 4.69) is 4.74 Å². The van der Waals surface area contributed by atoms with Crippen molar-refractivity contribution >= 4 is 23.9 Å². The Balaban J connectivity index is 5.42. The highest BCUT2D eigenvalue weighted by molar-refractivity contribution is 5.81. The van der Waals surface area contributed by atoms with E-state index >= 15 is 0 Å². The topological polar surface area (TPSA) is 361 Å². The lowest BCUT2D eigenvalue weighted by Crippen LogP contribution is -2.58. The normalized spacial score (nSPS) is 22.1. The molecular formula is C16H26O19. The van der Waals surface area contributed by atoms with Crippen LogP contribution in [-0.2, 0) is 23.9 Å². The molecule has 0 saturated heterocycles. The minimum Gasteiger partial charge on any atom is -0.479 e. The number of ether oxygens (including phenoxy) is 1. The molecule has 0 amide bonds. The van der Waals surface area contributed by atoms with Gasteiger partial charge in [0, 0.05) is 0 Å². The lowest BCUT2D eigenvalue weighted by Gasteiger charge is -2.32. The van der Waals surface area contributed by atoms with Gasteiger partial charge in [0.25, 0.3) is 0 Å². The van der Waals surface area contributed by atoms with Crippen molar-refractivity contribution in [2.24, 2.45) is 0 Å². The third-order valence-electron chi connectivity index (χ3n) is 4.61. The number of aliphatic hydroxyl groups is 11. The van der Waals surface area contributed by atoms with E-state index in [4.69, 9.17) is 25.5 Å². The van der Waals surface area contributed by atoms with E-state index in [1.165, 1.54) is 0 Å². The van der Waals surface area contributed by atoms with Gasteiger partial charge in [-0.05, 0) is 0 Å². The maximum Gasteiger partial charge on any atom is 0.347 e. The summed E-state index contributed by atoms with van der Waals surface area (Å²) < 4.78 is 4.14. The van der Waals surface area contributed by atoms with Crippen LogP contribution >= 0.6 is 0 Å². The molecule has 0 fully saturated rings. The monoisotopic (exact) mass is 522 g/mol. The predicted octanol–water partition coefficient (Wildman–Crippen LogP) is -8.88. The fourth-order valence-corrected chi connectivity index (χ4v) is 2.44. The van der Waals surface area contributed by atoms with Crippen molar-refractivity contribution in [2.45, 2.75) is 73.2 Å². The number of aliphatic carboxylic acids is 3. The zero-order valence-corrected chi connectivity index (χ0v) is 17.2. The average Bonchev–Trinajstić information content (AvgIpc) is 2.81. The van der Waals surface area contributed by atoms with Crippen LogP contribution in [0.2, 0.25) is 0 Å². The van der Waals surface area contributed by atoms with Crippen LogP contribution in [0, 0.1) is 0 Å². The molecule has 0 spiro atoms. The first-order valence-electron chi connectivity index (χ1n) is 9.26. The van der Waals surface area contributed by atoms with Gasteiger partial charge in [0.05, 0.1) is 0 Å². The van der Waals surface area contributed by atoms with Gasteiger partial charge in [-0.1, -0.05) is 0 Å². The second kappa shape index (κ2) is 13.5. The smallest absolute Gasteiger partial charge is 0.347 e. The molecular weight excluding hydrogens is 496 g/mol. The van der Waals surface area contributed by atoms with Crippen LogP contribution in [0.1, 0.15) is 0 Å². The molecule has 0 aromatic rings. The fraction of sp³-hybridized carbons (Fsp3) is 0.750. The third-order valence-corrected chi connectivity index (χ3v) is 4.61. The number of carbonyl (C=O) groups is 4. The standard InChI is InChI=1S/C16H26O19/c17-1(3(19)5(21)9(25)13(28)29)2(18)4(20)6(22)11(27)16(34)35-12(15(32)33)8(24)7(23)10(26)14(30)31/h1-12,17-27H,(H,28,29)(H,30,31)(H,32,33)/t1-,2-,3-,4-,5-,6+,7-,8+,9+,10+,11-,12-/m1/s1. The molecule has 12 atom stereocenters. The van der Waals surface area contributed by atoms with Crippen molar-refractivity contribution in [2.75, 3.05) is 0 Å². The molecule has 19 nitrogen and oxygen atoms in total. The van der Waals surface area contributed by atoms with Crippen LogP contribution in [0.15, 0.2) is 0 Å². The minimum atomic E-state index is -2.98. The van der Waals surface area contributed by atoms with Crippen molar-refractivity contribution < 1.29 is 95.4 Å². The highest BCUT2D eigenvalue weighted by Gasteiger charge is 2.46. The van der Waals surface area contributed by atoms with Gasteiger partial charge in [0.2, 0.25) is 6.10 Å². The van der Waals surface area contributed by atoms with E-state index in [1.807, 2.05) is 0 Å². The van der Waals surface area contributed by atoms with Crippen LogP contribution in [0.5, 0.6) is 0 Å². The van der Waals surface area contributed by atoms with Gasteiger partial charge < -0.3 is 76.2 Å². The molecule has 14 N–H and O–H groups in total. The Bertz CT molecular complexity index is 742. The molecule has 204 valence electrons. The van der Waals surface area contributed by atoms with Crippen LogP contribution in [0.4, 0.5) is 0 Å². The van der Waals surface area contributed by atoms with Crippen molar-refractivity contribution in [3.05, 3.63) is 0 Å². The highest BCUT2D eigenvalue weighted by Crippen LogP contribution is 2.17. The molecule has 0 heterocycles.